The lowest BCUT2D eigenvalue weighted by Gasteiger charge is -2.27. The number of nitrogens with one attached hydrogen (secondary N) is 6. The minimum Gasteiger partial charge on any atom is -0.480 e. The molecule has 1 saturated heterocycles. The summed E-state index contributed by atoms with van der Waals surface area (Å²) in [7, 11) is 0. The zero-order valence-electron chi connectivity index (χ0n) is 30.0. The number of amides is 5. The molecule has 286 valence electrons. The number of carboxylic acid groups (broad SMARTS) is 1. The van der Waals surface area contributed by atoms with Crippen molar-refractivity contribution >= 4 is 35.5 Å². The predicted octanol–water partition coefficient (Wildman–Crippen LogP) is -3.27. The third-order valence-electron chi connectivity index (χ3n) is 8.49. The van der Waals surface area contributed by atoms with Crippen molar-refractivity contribution in [1.29, 1.82) is 0 Å². The first-order valence-electron chi connectivity index (χ1n) is 17.6. The average Bonchev–Trinajstić information content (AvgIpc) is 3.62. The van der Waals surface area contributed by atoms with E-state index in [1.54, 1.807) is 44.2 Å². The van der Waals surface area contributed by atoms with Gasteiger partial charge in [-0.25, -0.2) is 4.79 Å². The largest absolute Gasteiger partial charge is 0.480 e. The number of aliphatic hydroxyl groups excluding tert-OH is 1. The molecule has 0 saturated carbocycles. The first-order chi connectivity index (χ1) is 24.1. The van der Waals surface area contributed by atoms with Crippen LogP contribution < -0.4 is 48.7 Å². The summed E-state index contributed by atoms with van der Waals surface area (Å²) in [5.74, 6) is -5.01. The lowest BCUT2D eigenvalue weighted by Crippen LogP contribution is -2.89. The number of aliphatic hydroxyl groups is 1. The molecule has 14 N–H and O–H groups in total. The number of carboxylic acids is 1. The molecule has 1 aromatic carbocycles. The van der Waals surface area contributed by atoms with Crippen LogP contribution in [0, 0.1) is 11.8 Å². The van der Waals surface area contributed by atoms with Gasteiger partial charge in [0.25, 0.3) is 5.91 Å². The molecule has 51 heavy (non-hydrogen) atoms. The summed E-state index contributed by atoms with van der Waals surface area (Å²) in [6.45, 7) is 7.31. The van der Waals surface area contributed by atoms with E-state index in [0.29, 0.717) is 24.9 Å². The van der Waals surface area contributed by atoms with E-state index in [1.807, 2.05) is 19.2 Å². The minimum absolute atomic E-state index is 0.00286. The number of aliphatic carboxylic acids is 1. The Hall–Kier alpha value is -4.16. The molecule has 1 aliphatic heterocycles. The van der Waals surface area contributed by atoms with Crippen LogP contribution in [0.25, 0.3) is 0 Å². The molecule has 17 nitrogen and oxygen atoms in total. The van der Waals surface area contributed by atoms with Crippen molar-refractivity contribution in [3.05, 3.63) is 35.9 Å². The fraction of sp³-hybridized carbons (Fsp3) is 0.647. The first kappa shape index (κ1) is 43.0. The normalized spacial score (nSPS) is 17.3. The Morgan fingerprint density at radius 2 is 1.41 bits per heavy atom. The van der Waals surface area contributed by atoms with Gasteiger partial charge in [0.2, 0.25) is 23.6 Å². The zero-order valence-corrected chi connectivity index (χ0v) is 30.0. The van der Waals surface area contributed by atoms with Gasteiger partial charge in [-0.1, -0.05) is 58.0 Å². The van der Waals surface area contributed by atoms with Crippen LogP contribution in [0.5, 0.6) is 0 Å². The Balaban J connectivity index is 2.25. The molecule has 1 heterocycles. The van der Waals surface area contributed by atoms with Crippen LogP contribution in [-0.4, -0.2) is 108 Å². The predicted molar refractivity (Wildman–Crippen MR) is 188 cm³/mol. The second-order valence-corrected chi connectivity index (χ2v) is 13.7. The molecular formula is C34H58N9O8+. The van der Waals surface area contributed by atoms with Crippen molar-refractivity contribution in [3.63, 3.8) is 0 Å². The maximum absolute atomic E-state index is 13.8. The van der Waals surface area contributed by atoms with Crippen molar-refractivity contribution < 1.29 is 44.3 Å². The van der Waals surface area contributed by atoms with E-state index in [4.69, 9.17) is 11.5 Å². The Bertz CT molecular complexity index is 1290. The molecule has 1 aliphatic rings. The summed E-state index contributed by atoms with van der Waals surface area (Å²) in [6, 6.07) is 2.36. The number of carbonyl (C=O) groups is 6. The van der Waals surface area contributed by atoms with Gasteiger partial charge >= 0.3 is 5.97 Å². The fourth-order valence-corrected chi connectivity index (χ4v) is 5.68. The van der Waals surface area contributed by atoms with Crippen molar-refractivity contribution in [2.75, 3.05) is 19.7 Å². The first-order valence-corrected chi connectivity index (χ1v) is 17.6. The maximum Gasteiger partial charge on any atom is 0.326 e. The Kier molecular flexibility index (Phi) is 18.5. The van der Waals surface area contributed by atoms with Crippen LogP contribution in [0.3, 0.4) is 0 Å². The van der Waals surface area contributed by atoms with Crippen LogP contribution in [-0.2, 0) is 35.2 Å². The molecule has 1 aromatic rings. The molecule has 2 rings (SSSR count). The third kappa shape index (κ3) is 15.3. The monoisotopic (exact) mass is 720 g/mol. The number of benzene rings is 1. The second kappa shape index (κ2) is 21.9. The van der Waals surface area contributed by atoms with Crippen molar-refractivity contribution in [2.45, 2.75) is 109 Å². The van der Waals surface area contributed by atoms with Gasteiger partial charge in [-0.05, 0) is 43.2 Å². The van der Waals surface area contributed by atoms with Gasteiger partial charge in [0.05, 0.1) is 13.2 Å². The van der Waals surface area contributed by atoms with Gasteiger partial charge in [0.1, 0.15) is 36.5 Å². The van der Waals surface area contributed by atoms with E-state index >= 15 is 0 Å². The summed E-state index contributed by atoms with van der Waals surface area (Å²) >= 11 is 0. The van der Waals surface area contributed by atoms with E-state index < -0.39 is 78.6 Å². The van der Waals surface area contributed by atoms with Gasteiger partial charge in [-0.15, -0.1) is 0 Å². The van der Waals surface area contributed by atoms with Crippen molar-refractivity contribution in [1.82, 2.24) is 31.9 Å². The molecule has 0 unspecified atom stereocenters. The van der Waals surface area contributed by atoms with Crippen LogP contribution in [0.4, 0.5) is 0 Å². The smallest absolute Gasteiger partial charge is 0.326 e. The lowest BCUT2D eigenvalue weighted by atomic mass is 9.99. The summed E-state index contributed by atoms with van der Waals surface area (Å²) in [5.41, 5.74) is 11.7. The number of hydrogen-bond donors (Lipinski definition) is 11. The van der Waals surface area contributed by atoms with Crippen LogP contribution in [0.2, 0.25) is 0 Å². The molecule has 17 heteroatoms. The van der Waals surface area contributed by atoms with Gasteiger partial charge in [0.15, 0.2) is 6.04 Å². The highest BCUT2D eigenvalue weighted by Gasteiger charge is 2.34. The third-order valence-corrected chi connectivity index (χ3v) is 8.49. The highest BCUT2D eigenvalue weighted by Crippen LogP contribution is 2.11. The summed E-state index contributed by atoms with van der Waals surface area (Å²) in [6.07, 6.45) is 1.53. The molecule has 6 atom stereocenters. The molecular weight excluding hydrogens is 662 g/mol. The molecule has 0 aromatic heterocycles. The molecule has 1 fully saturated rings. The Labute approximate surface area is 299 Å². The van der Waals surface area contributed by atoms with E-state index in [0.717, 1.165) is 13.0 Å². The number of nitrogens with two attached hydrogens (primary N) is 3. The highest BCUT2D eigenvalue weighted by molar-refractivity contribution is 5.96. The number of rotatable bonds is 22. The second-order valence-electron chi connectivity index (χ2n) is 13.7. The number of quaternary nitrogens is 1. The molecule has 0 aliphatic carbocycles. The van der Waals surface area contributed by atoms with E-state index in [-0.39, 0.29) is 37.1 Å². The summed E-state index contributed by atoms with van der Waals surface area (Å²) < 4.78 is 0. The standard InChI is InChI=1S/C34H57N9O8/c1-19(2)16-24(31(48)43-27(20(3)4)33(50)51)40-30(47)25(17-21-10-6-5-7-11-21)41-32(49)26(18-44)42-29(46)23(13-9-15-38-34(35)36)39-28(45)22-12-8-14-37-22/h5-7,10-11,19-20,22-27,34,37-38,44H,8-9,12-18,35-36H2,1-4H3,(H,39,45)(H,40,47)(H,41,49)(H,42,46)(H,43,48)(H,50,51)/p+1/t22-,23-,24-,25-,26-,27-/m0/s1. The quantitative estimate of drug-likeness (QED) is 0.0417. The fourth-order valence-electron chi connectivity index (χ4n) is 5.68. The topological polar surface area (TPSA) is 284 Å². The summed E-state index contributed by atoms with van der Waals surface area (Å²) in [4.78, 5) is 78.7. The van der Waals surface area contributed by atoms with Gasteiger partial charge in [-0.2, -0.15) is 0 Å². The number of hydrogen-bond acceptors (Lipinski definition) is 10. The zero-order chi connectivity index (χ0) is 38.1. The SMILES string of the molecule is CC(C)C[C@H](NC(=O)[C@H](Cc1ccccc1)NC(=O)[C@H](CO)NC(=O)[C@H](CCCNC(N)N)NC(=O)[C@@H]1CCC[NH2+]1)C(=O)N[C@H](C(=O)O)C(C)C. The van der Waals surface area contributed by atoms with E-state index in [9.17, 15) is 39.0 Å². The van der Waals surface area contributed by atoms with Gasteiger partial charge in [0, 0.05) is 19.3 Å². The molecule has 0 radical (unpaired) electrons. The van der Waals surface area contributed by atoms with Crippen LogP contribution in [0.15, 0.2) is 30.3 Å². The lowest BCUT2D eigenvalue weighted by molar-refractivity contribution is -0.657. The van der Waals surface area contributed by atoms with Gasteiger partial charge in [-0.3, -0.25) is 29.3 Å². The van der Waals surface area contributed by atoms with Crippen LogP contribution >= 0.6 is 0 Å². The number of carbonyl (C=O) groups excluding carboxylic acids is 5. The summed E-state index contributed by atoms with van der Waals surface area (Å²) in [5, 5.41) is 37.5. The maximum atomic E-state index is 13.8. The van der Waals surface area contributed by atoms with Crippen molar-refractivity contribution in [3.8, 4) is 0 Å². The Morgan fingerprint density at radius 3 is 1.96 bits per heavy atom. The molecule has 0 bridgehead atoms. The minimum atomic E-state index is -1.49. The Morgan fingerprint density at radius 1 is 0.824 bits per heavy atom. The molecule has 0 spiro atoms. The highest BCUT2D eigenvalue weighted by atomic mass is 16.4. The van der Waals surface area contributed by atoms with Crippen LogP contribution in [0.1, 0.15) is 65.4 Å². The van der Waals surface area contributed by atoms with E-state index in [2.05, 4.69) is 31.9 Å². The molecule has 5 amide bonds. The van der Waals surface area contributed by atoms with Crippen molar-refractivity contribution in [2.24, 2.45) is 23.3 Å². The average molecular weight is 721 g/mol. The van der Waals surface area contributed by atoms with Gasteiger partial charge < -0.3 is 53.6 Å². The van der Waals surface area contributed by atoms with E-state index in [1.165, 1.54) is 0 Å².